The van der Waals surface area contributed by atoms with E-state index in [9.17, 15) is 17.6 Å². The highest BCUT2D eigenvalue weighted by Crippen LogP contribution is 2.42. The molecule has 3 aromatic carbocycles. The summed E-state index contributed by atoms with van der Waals surface area (Å²) in [6.07, 6.45) is 1.11. The maximum atomic E-state index is 13.6. The van der Waals surface area contributed by atoms with Gasteiger partial charge in [0.25, 0.3) is 5.91 Å². The summed E-state index contributed by atoms with van der Waals surface area (Å²) < 4.78 is 46.2. The molecule has 3 aromatic heterocycles. The number of sulfonamides is 1. The van der Waals surface area contributed by atoms with Crippen molar-refractivity contribution in [2.24, 2.45) is 0 Å². The lowest BCUT2D eigenvalue weighted by atomic mass is 10.0. The van der Waals surface area contributed by atoms with Gasteiger partial charge in [-0.2, -0.15) is 0 Å². The molecule has 0 radical (unpaired) electrons. The predicted octanol–water partition coefficient (Wildman–Crippen LogP) is 6.27. The van der Waals surface area contributed by atoms with Gasteiger partial charge in [0.05, 0.1) is 28.9 Å². The molecule has 202 valence electrons. The summed E-state index contributed by atoms with van der Waals surface area (Å²) in [7, 11) is -0.694. The zero-order valence-corrected chi connectivity index (χ0v) is 23.3. The van der Waals surface area contributed by atoms with E-state index in [1.807, 2.05) is 35.7 Å². The summed E-state index contributed by atoms with van der Waals surface area (Å²) in [5, 5.41) is 6.63. The molecule has 2 N–H and O–H groups in total. The number of nitrogens with one attached hydrogen (secondary N) is 2. The van der Waals surface area contributed by atoms with Gasteiger partial charge in [-0.15, -0.1) is 11.3 Å². The Labute approximate surface area is 233 Å². The van der Waals surface area contributed by atoms with Crippen molar-refractivity contribution in [3.8, 4) is 33.3 Å². The molecule has 6 rings (SSSR count). The molecule has 0 aliphatic heterocycles. The van der Waals surface area contributed by atoms with Crippen LogP contribution in [0.25, 0.3) is 55.2 Å². The maximum absolute atomic E-state index is 13.6. The zero-order chi connectivity index (χ0) is 28.2. The Balaban J connectivity index is 1.58. The number of aromatic nitrogens is 2. The van der Waals surface area contributed by atoms with Crippen molar-refractivity contribution in [1.82, 2.24) is 15.3 Å². The van der Waals surface area contributed by atoms with Crippen LogP contribution in [0.2, 0.25) is 0 Å². The van der Waals surface area contributed by atoms with E-state index in [2.05, 4.69) is 10.3 Å². The summed E-state index contributed by atoms with van der Waals surface area (Å²) in [4.78, 5) is 21.3. The number of amides is 1. The number of carbonyl (C=O) groups is 1. The normalized spacial score (nSPS) is 11.8. The number of para-hydroxylation sites is 1. The lowest BCUT2D eigenvalue weighted by Gasteiger charge is -2.19. The summed E-state index contributed by atoms with van der Waals surface area (Å²) >= 11 is 1.36. The summed E-state index contributed by atoms with van der Waals surface area (Å²) in [6.45, 7) is 0. The van der Waals surface area contributed by atoms with Crippen molar-refractivity contribution in [1.29, 1.82) is 0 Å². The first-order valence-corrected chi connectivity index (χ1v) is 14.9. The molecular formula is C29H23FN4O4S2. The van der Waals surface area contributed by atoms with Crippen molar-refractivity contribution in [3.05, 3.63) is 83.5 Å². The van der Waals surface area contributed by atoms with E-state index in [-0.39, 0.29) is 11.3 Å². The van der Waals surface area contributed by atoms with Crippen LogP contribution in [-0.4, -0.2) is 44.6 Å². The third-order valence-electron chi connectivity index (χ3n) is 6.74. The zero-order valence-electron chi connectivity index (χ0n) is 21.7. The third kappa shape index (κ3) is 4.42. The number of halogens is 1. The van der Waals surface area contributed by atoms with Gasteiger partial charge < -0.3 is 14.7 Å². The van der Waals surface area contributed by atoms with Crippen molar-refractivity contribution >= 4 is 54.8 Å². The fraction of sp³-hybridized carbons (Fsp3) is 0.103. The number of thiazole rings is 1. The number of benzene rings is 3. The van der Waals surface area contributed by atoms with E-state index in [1.54, 1.807) is 12.1 Å². The Hall–Kier alpha value is -4.48. The highest BCUT2D eigenvalue weighted by atomic mass is 32.2. The molecule has 0 aliphatic carbocycles. The van der Waals surface area contributed by atoms with Gasteiger partial charge in [-0.3, -0.25) is 9.10 Å². The standard InChI is InChI=1S/C29H23FN4O4S2/c1-31-28(35)26-20-13-19(29-33-23(15-39-29)22-12-17-6-4-5-7-21(17)32-22)24(34(2)40(3,36)37)14-25(20)38-27(26)16-8-10-18(30)11-9-16/h4-15,32H,1-3H3,(H,31,35). The highest BCUT2D eigenvalue weighted by Gasteiger charge is 2.27. The van der Waals surface area contributed by atoms with Crippen molar-refractivity contribution < 1.29 is 22.0 Å². The molecular weight excluding hydrogens is 551 g/mol. The Kier molecular flexibility index (Phi) is 6.20. The average Bonchev–Trinajstić information content (AvgIpc) is 3.67. The molecule has 0 fully saturated rings. The number of H-pyrrole nitrogens is 1. The smallest absolute Gasteiger partial charge is 0.255 e. The van der Waals surface area contributed by atoms with Gasteiger partial charge in [0.15, 0.2) is 0 Å². The molecule has 0 spiro atoms. The van der Waals surface area contributed by atoms with Crippen molar-refractivity contribution in [3.63, 3.8) is 0 Å². The number of nitrogens with zero attached hydrogens (tertiary/aromatic N) is 2. The second kappa shape index (κ2) is 9.61. The minimum absolute atomic E-state index is 0.248. The van der Waals surface area contributed by atoms with Gasteiger partial charge in [0.2, 0.25) is 10.0 Å². The van der Waals surface area contributed by atoms with Crippen molar-refractivity contribution in [2.75, 3.05) is 24.7 Å². The fourth-order valence-electron chi connectivity index (χ4n) is 4.63. The quantitative estimate of drug-likeness (QED) is 0.244. The minimum atomic E-state index is -3.66. The number of fused-ring (bicyclic) bond motifs is 2. The van der Waals surface area contributed by atoms with E-state index < -0.39 is 21.7 Å². The molecule has 40 heavy (non-hydrogen) atoms. The van der Waals surface area contributed by atoms with Crippen LogP contribution in [0.3, 0.4) is 0 Å². The van der Waals surface area contributed by atoms with Crippen LogP contribution in [0.4, 0.5) is 10.1 Å². The van der Waals surface area contributed by atoms with Crippen LogP contribution in [0, 0.1) is 5.82 Å². The molecule has 11 heteroatoms. The predicted molar refractivity (Wildman–Crippen MR) is 157 cm³/mol. The van der Waals surface area contributed by atoms with Gasteiger partial charge in [-0.25, -0.2) is 17.8 Å². The van der Waals surface area contributed by atoms with Gasteiger partial charge in [0.1, 0.15) is 22.2 Å². The van der Waals surface area contributed by atoms with E-state index in [1.165, 1.54) is 49.7 Å². The van der Waals surface area contributed by atoms with Crippen LogP contribution in [0.5, 0.6) is 0 Å². The van der Waals surface area contributed by atoms with E-state index in [4.69, 9.17) is 9.40 Å². The van der Waals surface area contributed by atoms with Gasteiger partial charge in [-0.05, 0) is 42.5 Å². The third-order valence-corrected chi connectivity index (χ3v) is 8.81. The van der Waals surface area contributed by atoms with E-state index in [0.29, 0.717) is 38.5 Å². The van der Waals surface area contributed by atoms with Gasteiger partial charge in [0, 0.05) is 53.0 Å². The number of hydrogen-bond acceptors (Lipinski definition) is 6. The molecule has 0 saturated heterocycles. The number of hydrogen-bond donors (Lipinski definition) is 2. The molecule has 8 nitrogen and oxygen atoms in total. The first kappa shape index (κ1) is 25.8. The summed E-state index contributed by atoms with van der Waals surface area (Å²) in [6, 6.07) is 18.8. The SMILES string of the molecule is CNC(=O)c1c(-c2ccc(F)cc2)oc2cc(N(C)S(C)(=O)=O)c(-c3nc(-c4cc5ccccc5[nH]4)cs3)cc12. The largest absolute Gasteiger partial charge is 0.455 e. The molecule has 0 unspecified atom stereocenters. The molecule has 0 bridgehead atoms. The Morgan fingerprint density at radius 3 is 2.55 bits per heavy atom. The summed E-state index contributed by atoms with van der Waals surface area (Å²) in [5.41, 5.74) is 4.44. The lowest BCUT2D eigenvalue weighted by molar-refractivity contribution is 0.0964. The van der Waals surface area contributed by atoms with Gasteiger partial charge in [-0.1, -0.05) is 18.2 Å². The molecule has 3 heterocycles. The van der Waals surface area contributed by atoms with Crippen LogP contribution in [-0.2, 0) is 10.0 Å². The lowest BCUT2D eigenvalue weighted by Crippen LogP contribution is -2.25. The second-order valence-electron chi connectivity index (χ2n) is 9.30. The molecule has 1 amide bonds. The van der Waals surface area contributed by atoms with Crippen LogP contribution in [0.15, 0.2) is 76.5 Å². The minimum Gasteiger partial charge on any atom is -0.455 e. The maximum Gasteiger partial charge on any atom is 0.255 e. The second-order valence-corrected chi connectivity index (χ2v) is 12.2. The number of aromatic amines is 1. The van der Waals surface area contributed by atoms with E-state index >= 15 is 0 Å². The number of furan rings is 1. The number of carbonyl (C=O) groups excluding carboxylic acids is 1. The van der Waals surface area contributed by atoms with Crippen LogP contribution < -0.4 is 9.62 Å². The van der Waals surface area contributed by atoms with Crippen LogP contribution in [0.1, 0.15) is 10.4 Å². The Bertz CT molecular complexity index is 1990. The van der Waals surface area contributed by atoms with Crippen molar-refractivity contribution in [2.45, 2.75) is 0 Å². The Morgan fingerprint density at radius 2 is 1.85 bits per heavy atom. The number of rotatable bonds is 6. The molecule has 0 atom stereocenters. The van der Waals surface area contributed by atoms with E-state index in [0.717, 1.165) is 27.2 Å². The Morgan fingerprint density at radius 1 is 1.10 bits per heavy atom. The molecule has 6 aromatic rings. The fourth-order valence-corrected chi connectivity index (χ4v) is 5.98. The number of anilines is 1. The average molecular weight is 575 g/mol. The van der Waals surface area contributed by atoms with Gasteiger partial charge >= 0.3 is 0 Å². The topological polar surface area (TPSA) is 108 Å². The van der Waals surface area contributed by atoms with Crippen LogP contribution >= 0.6 is 11.3 Å². The first-order valence-electron chi connectivity index (χ1n) is 12.2. The first-order chi connectivity index (χ1) is 19.1. The summed E-state index contributed by atoms with van der Waals surface area (Å²) in [5.74, 6) is -0.571. The molecule has 0 saturated carbocycles. The monoisotopic (exact) mass is 574 g/mol. The molecule has 0 aliphatic rings. The highest BCUT2D eigenvalue weighted by molar-refractivity contribution is 7.92.